The van der Waals surface area contributed by atoms with Gasteiger partial charge in [0.15, 0.2) is 0 Å². The summed E-state index contributed by atoms with van der Waals surface area (Å²) in [6, 6.07) is 9.36. The summed E-state index contributed by atoms with van der Waals surface area (Å²) in [6.45, 7) is 9.42. The number of nitrogens with one attached hydrogen (secondary N) is 1. The lowest BCUT2D eigenvalue weighted by Gasteiger charge is -2.16. The number of benzene rings is 1. The SMILES string of the molecule is Cc1ccccc1C[C@@H](C)NCc1nncn1C(C)C. The average molecular weight is 272 g/mol. The second-order valence-corrected chi connectivity index (χ2v) is 5.66. The molecule has 2 aromatic rings. The number of aryl methyl sites for hydroxylation is 1. The zero-order chi connectivity index (χ0) is 14.5. The maximum Gasteiger partial charge on any atom is 0.147 e. The highest BCUT2D eigenvalue weighted by Crippen LogP contribution is 2.10. The topological polar surface area (TPSA) is 42.7 Å². The van der Waals surface area contributed by atoms with Gasteiger partial charge in [0.25, 0.3) is 0 Å². The highest BCUT2D eigenvalue weighted by molar-refractivity contribution is 5.26. The van der Waals surface area contributed by atoms with E-state index in [-0.39, 0.29) is 0 Å². The van der Waals surface area contributed by atoms with Crippen molar-refractivity contribution in [3.05, 3.63) is 47.5 Å². The number of hydrogen-bond acceptors (Lipinski definition) is 3. The van der Waals surface area contributed by atoms with Crippen molar-refractivity contribution in [2.45, 2.75) is 52.7 Å². The molecule has 1 aromatic heterocycles. The van der Waals surface area contributed by atoms with Gasteiger partial charge in [0.1, 0.15) is 12.2 Å². The van der Waals surface area contributed by atoms with Crippen molar-refractivity contribution in [1.82, 2.24) is 20.1 Å². The standard InChI is InChI=1S/C16H24N4/c1-12(2)20-11-18-19-16(20)10-17-14(4)9-15-8-6-5-7-13(15)3/h5-8,11-12,14,17H,9-10H2,1-4H3/t14-/m1/s1. The maximum atomic E-state index is 4.18. The number of hydrogen-bond donors (Lipinski definition) is 1. The molecule has 0 aliphatic rings. The largest absolute Gasteiger partial charge is 0.314 e. The summed E-state index contributed by atoms with van der Waals surface area (Å²) in [6.07, 6.45) is 2.83. The van der Waals surface area contributed by atoms with Crippen molar-refractivity contribution in [1.29, 1.82) is 0 Å². The van der Waals surface area contributed by atoms with Crippen LogP contribution in [0.5, 0.6) is 0 Å². The normalized spacial score (nSPS) is 12.8. The first-order valence-corrected chi connectivity index (χ1v) is 7.24. The highest BCUT2D eigenvalue weighted by Gasteiger charge is 2.10. The molecule has 0 aliphatic carbocycles. The molecule has 108 valence electrons. The van der Waals surface area contributed by atoms with Gasteiger partial charge in [-0.3, -0.25) is 0 Å². The molecule has 0 saturated carbocycles. The molecule has 1 atom stereocenters. The zero-order valence-electron chi connectivity index (χ0n) is 12.8. The van der Waals surface area contributed by atoms with E-state index in [4.69, 9.17) is 0 Å². The van der Waals surface area contributed by atoms with E-state index in [2.05, 4.69) is 72.0 Å². The van der Waals surface area contributed by atoms with Crippen LogP contribution in [-0.2, 0) is 13.0 Å². The third kappa shape index (κ3) is 3.67. The summed E-state index contributed by atoms with van der Waals surface area (Å²) in [5.41, 5.74) is 2.75. The van der Waals surface area contributed by atoms with Gasteiger partial charge in [0.2, 0.25) is 0 Å². The predicted molar refractivity (Wildman–Crippen MR) is 81.6 cm³/mol. The van der Waals surface area contributed by atoms with Gasteiger partial charge in [-0.2, -0.15) is 0 Å². The van der Waals surface area contributed by atoms with Crippen molar-refractivity contribution in [3.63, 3.8) is 0 Å². The summed E-state index contributed by atoms with van der Waals surface area (Å²) < 4.78 is 2.10. The van der Waals surface area contributed by atoms with Crippen LogP contribution < -0.4 is 5.32 Å². The Morgan fingerprint density at radius 1 is 1.20 bits per heavy atom. The van der Waals surface area contributed by atoms with Crippen molar-refractivity contribution >= 4 is 0 Å². The smallest absolute Gasteiger partial charge is 0.147 e. The fraction of sp³-hybridized carbons (Fsp3) is 0.500. The van der Waals surface area contributed by atoms with Gasteiger partial charge >= 0.3 is 0 Å². The van der Waals surface area contributed by atoms with Crippen LogP contribution in [-0.4, -0.2) is 20.8 Å². The van der Waals surface area contributed by atoms with Gasteiger partial charge in [-0.1, -0.05) is 24.3 Å². The summed E-state index contributed by atoms with van der Waals surface area (Å²) in [5.74, 6) is 0.997. The Labute approximate surface area is 121 Å². The number of nitrogens with zero attached hydrogens (tertiary/aromatic N) is 3. The third-order valence-electron chi connectivity index (χ3n) is 3.60. The Balaban J connectivity index is 1.91. The van der Waals surface area contributed by atoms with Crippen LogP contribution in [0.25, 0.3) is 0 Å². The molecule has 0 unspecified atom stereocenters. The Bertz CT molecular complexity index is 545. The maximum absolute atomic E-state index is 4.18. The molecular weight excluding hydrogens is 248 g/mol. The third-order valence-corrected chi connectivity index (χ3v) is 3.60. The highest BCUT2D eigenvalue weighted by atomic mass is 15.3. The number of rotatable bonds is 6. The van der Waals surface area contributed by atoms with Crippen LogP contribution in [0, 0.1) is 6.92 Å². The summed E-state index contributed by atoms with van der Waals surface area (Å²) in [7, 11) is 0. The molecule has 0 bridgehead atoms. The molecule has 4 heteroatoms. The molecule has 1 heterocycles. The Kier molecular flexibility index (Phi) is 4.90. The van der Waals surface area contributed by atoms with E-state index in [0.29, 0.717) is 12.1 Å². The predicted octanol–water partition coefficient (Wildman–Crippen LogP) is 2.89. The van der Waals surface area contributed by atoms with Crippen LogP contribution in [0.15, 0.2) is 30.6 Å². The summed E-state index contributed by atoms with van der Waals surface area (Å²) in [4.78, 5) is 0. The Hall–Kier alpha value is -1.68. The van der Waals surface area contributed by atoms with Crippen molar-refractivity contribution in [2.24, 2.45) is 0 Å². The molecule has 4 nitrogen and oxygen atoms in total. The lowest BCUT2D eigenvalue weighted by molar-refractivity contribution is 0.496. The molecule has 0 spiro atoms. The zero-order valence-corrected chi connectivity index (χ0v) is 12.8. The van der Waals surface area contributed by atoms with Gasteiger partial charge in [-0.15, -0.1) is 10.2 Å². The fourth-order valence-electron chi connectivity index (χ4n) is 2.33. The van der Waals surface area contributed by atoms with Crippen LogP contribution in [0.4, 0.5) is 0 Å². The van der Waals surface area contributed by atoms with Crippen LogP contribution in [0.3, 0.4) is 0 Å². The second kappa shape index (κ2) is 6.66. The van der Waals surface area contributed by atoms with Gasteiger partial charge in [0, 0.05) is 12.1 Å². The van der Waals surface area contributed by atoms with E-state index in [1.165, 1.54) is 11.1 Å². The van der Waals surface area contributed by atoms with Crippen molar-refractivity contribution in [3.8, 4) is 0 Å². The van der Waals surface area contributed by atoms with Crippen molar-refractivity contribution in [2.75, 3.05) is 0 Å². The van der Waals surface area contributed by atoms with E-state index < -0.39 is 0 Å². The molecule has 1 N–H and O–H groups in total. The molecule has 0 fully saturated rings. The summed E-state index contributed by atoms with van der Waals surface area (Å²) in [5, 5.41) is 11.7. The second-order valence-electron chi connectivity index (χ2n) is 5.66. The monoisotopic (exact) mass is 272 g/mol. The quantitative estimate of drug-likeness (QED) is 0.879. The van der Waals surface area contributed by atoms with E-state index >= 15 is 0 Å². The molecule has 2 rings (SSSR count). The van der Waals surface area contributed by atoms with Gasteiger partial charge in [0.05, 0.1) is 6.54 Å². The van der Waals surface area contributed by atoms with Gasteiger partial charge < -0.3 is 9.88 Å². The lowest BCUT2D eigenvalue weighted by atomic mass is 10.0. The first-order valence-electron chi connectivity index (χ1n) is 7.24. The molecule has 1 aromatic carbocycles. The molecule has 0 amide bonds. The minimum Gasteiger partial charge on any atom is -0.314 e. The molecule has 20 heavy (non-hydrogen) atoms. The first-order chi connectivity index (χ1) is 9.58. The molecular formula is C16H24N4. The minimum atomic E-state index is 0.397. The van der Waals surface area contributed by atoms with Crippen LogP contribution >= 0.6 is 0 Å². The van der Waals surface area contributed by atoms with Gasteiger partial charge in [-0.05, 0) is 45.2 Å². The summed E-state index contributed by atoms with van der Waals surface area (Å²) >= 11 is 0. The van der Waals surface area contributed by atoms with E-state index in [1.807, 2.05) is 0 Å². The average Bonchev–Trinajstić information content (AvgIpc) is 2.88. The first kappa shape index (κ1) is 14.7. The van der Waals surface area contributed by atoms with Crippen LogP contribution in [0.2, 0.25) is 0 Å². The minimum absolute atomic E-state index is 0.397. The van der Waals surface area contributed by atoms with E-state index in [9.17, 15) is 0 Å². The molecule has 0 radical (unpaired) electrons. The molecule has 0 aliphatic heterocycles. The van der Waals surface area contributed by atoms with Crippen LogP contribution in [0.1, 0.15) is 43.8 Å². The van der Waals surface area contributed by atoms with Gasteiger partial charge in [-0.25, -0.2) is 0 Å². The van der Waals surface area contributed by atoms with Crippen molar-refractivity contribution < 1.29 is 0 Å². The number of aromatic nitrogens is 3. The molecule has 0 saturated heterocycles. The lowest BCUT2D eigenvalue weighted by Crippen LogP contribution is -2.29. The fourth-order valence-corrected chi connectivity index (χ4v) is 2.33. The Morgan fingerprint density at radius 3 is 2.65 bits per heavy atom. The van der Waals surface area contributed by atoms with E-state index in [1.54, 1.807) is 6.33 Å². The Morgan fingerprint density at radius 2 is 1.95 bits per heavy atom. The van der Waals surface area contributed by atoms with E-state index in [0.717, 1.165) is 18.8 Å².